The highest BCUT2D eigenvalue weighted by Gasteiger charge is 1.93. The van der Waals surface area contributed by atoms with Crippen molar-refractivity contribution in [1.82, 2.24) is 0 Å². The Hall–Kier alpha value is -0.770. The molecule has 0 saturated heterocycles. The van der Waals surface area contributed by atoms with Crippen LogP contribution in [-0.2, 0) is 9.59 Å². The third kappa shape index (κ3) is 31.3. The summed E-state index contributed by atoms with van der Waals surface area (Å²) in [6.45, 7) is 4.11. The Labute approximate surface area is 110 Å². The SMILES string of the molecule is CCCCCC(=O)O.CCCCCC(=O)O.Cl. The molecule has 0 aromatic carbocycles. The number of carboxylic acid groups (broad SMARTS) is 2. The summed E-state index contributed by atoms with van der Waals surface area (Å²) >= 11 is 0. The summed E-state index contributed by atoms with van der Waals surface area (Å²) in [4.78, 5) is 19.7. The van der Waals surface area contributed by atoms with E-state index in [9.17, 15) is 9.59 Å². The van der Waals surface area contributed by atoms with Crippen molar-refractivity contribution >= 4 is 24.3 Å². The van der Waals surface area contributed by atoms with E-state index < -0.39 is 11.9 Å². The smallest absolute Gasteiger partial charge is 0.303 e. The minimum atomic E-state index is -0.682. The van der Waals surface area contributed by atoms with Crippen molar-refractivity contribution in [2.24, 2.45) is 0 Å². The Morgan fingerprint density at radius 2 is 1.06 bits per heavy atom. The van der Waals surface area contributed by atoms with E-state index >= 15 is 0 Å². The molecule has 17 heavy (non-hydrogen) atoms. The van der Waals surface area contributed by atoms with Crippen LogP contribution in [0.25, 0.3) is 0 Å². The molecule has 104 valence electrons. The number of halogens is 1. The van der Waals surface area contributed by atoms with Crippen LogP contribution in [0.1, 0.15) is 65.2 Å². The van der Waals surface area contributed by atoms with Gasteiger partial charge in [0.25, 0.3) is 0 Å². The molecule has 4 nitrogen and oxygen atoms in total. The zero-order chi connectivity index (χ0) is 12.8. The van der Waals surface area contributed by atoms with Crippen LogP contribution in [0, 0.1) is 0 Å². The van der Waals surface area contributed by atoms with Crippen molar-refractivity contribution in [1.29, 1.82) is 0 Å². The first kappa shape index (κ1) is 21.5. The standard InChI is InChI=1S/2C6H12O2.ClH/c2*1-2-3-4-5-6(7)8;/h2*2-5H2,1H3,(H,7,8);1H. The minimum Gasteiger partial charge on any atom is -0.481 e. The number of rotatable bonds is 8. The maximum atomic E-state index is 9.87. The highest BCUT2D eigenvalue weighted by atomic mass is 35.5. The quantitative estimate of drug-likeness (QED) is 0.658. The van der Waals surface area contributed by atoms with Crippen LogP contribution in [-0.4, -0.2) is 22.2 Å². The molecular weight excluding hydrogens is 244 g/mol. The van der Waals surface area contributed by atoms with E-state index in [-0.39, 0.29) is 12.4 Å². The molecule has 0 aliphatic heterocycles. The van der Waals surface area contributed by atoms with Gasteiger partial charge < -0.3 is 10.2 Å². The fourth-order valence-corrected chi connectivity index (χ4v) is 1.05. The molecule has 0 aromatic heterocycles. The van der Waals surface area contributed by atoms with E-state index in [0.29, 0.717) is 12.8 Å². The molecule has 0 rings (SSSR count). The van der Waals surface area contributed by atoms with E-state index in [1.807, 2.05) is 0 Å². The lowest BCUT2D eigenvalue weighted by Crippen LogP contribution is -1.92. The summed E-state index contributed by atoms with van der Waals surface area (Å²) in [5, 5.41) is 16.3. The van der Waals surface area contributed by atoms with Crippen molar-refractivity contribution in [2.45, 2.75) is 65.2 Å². The van der Waals surface area contributed by atoms with Gasteiger partial charge in [0, 0.05) is 12.8 Å². The molecule has 0 aliphatic rings. The zero-order valence-corrected chi connectivity index (χ0v) is 11.6. The number of aliphatic carboxylic acids is 2. The van der Waals surface area contributed by atoms with E-state index in [0.717, 1.165) is 38.5 Å². The molecule has 0 spiro atoms. The maximum absolute atomic E-state index is 9.87. The van der Waals surface area contributed by atoms with Gasteiger partial charge in [-0.2, -0.15) is 0 Å². The third-order valence-corrected chi connectivity index (χ3v) is 1.99. The van der Waals surface area contributed by atoms with Crippen LogP contribution in [0.5, 0.6) is 0 Å². The van der Waals surface area contributed by atoms with Gasteiger partial charge in [-0.1, -0.05) is 39.5 Å². The van der Waals surface area contributed by atoms with E-state index in [4.69, 9.17) is 10.2 Å². The van der Waals surface area contributed by atoms with Gasteiger partial charge in [-0.05, 0) is 12.8 Å². The predicted octanol–water partition coefficient (Wildman–Crippen LogP) is 3.72. The molecule has 0 fully saturated rings. The second-order valence-electron chi connectivity index (χ2n) is 3.70. The van der Waals surface area contributed by atoms with Crippen LogP contribution in [0.15, 0.2) is 0 Å². The second kappa shape index (κ2) is 17.6. The number of hydrogen-bond acceptors (Lipinski definition) is 2. The molecule has 2 N–H and O–H groups in total. The van der Waals surface area contributed by atoms with Crippen LogP contribution in [0.3, 0.4) is 0 Å². The van der Waals surface area contributed by atoms with Gasteiger partial charge in [-0.25, -0.2) is 0 Å². The van der Waals surface area contributed by atoms with Crippen molar-refractivity contribution in [3.63, 3.8) is 0 Å². The van der Waals surface area contributed by atoms with Gasteiger partial charge in [0.05, 0.1) is 0 Å². The van der Waals surface area contributed by atoms with Crippen LogP contribution < -0.4 is 0 Å². The second-order valence-corrected chi connectivity index (χ2v) is 3.70. The van der Waals surface area contributed by atoms with Crippen LogP contribution in [0.4, 0.5) is 0 Å². The monoisotopic (exact) mass is 268 g/mol. The average Bonchev–Trinajstić information content (AvgIpc) is 2.18. The molecule has 0 heterocycles. The highest BCUT2D eigenvalue weighted by Crippen LogP contribution is 1.97. The molecule has 0 aromatic rings. The Kier molecular flexibility index (Phi) is 22.3. The molecule has 0 saturated carbocycles. The third-order valence-electron chi connectivity index (χ3n) is 1.99. The molecule has 0 unspecified atom stereocenters. The average molecular weight is 269 g/mol. The number of carbonyl (C=O) groups is 2. The van der Waals surface area contributed by atoms with Gasteiger partial charge in [-0.15, -0.1) is 12.4 Å². The lowest BCUT2D eigenvalue weighted by molar-refractivity contribution is -0.138. The van der Waals surface area contributed by atoms with Gasteiger partial charge in [-0.3, -0.25) is 9.59 Å². The first-order valence-electron chi connectivity index (χ1n) is 5.98. The maximum Gasteiger partial charge on any atom is 0.303 e. The van der Waals surface area contributed by atoms with Gasteiger partial charge in [0.1, 0.15) is 0 Å². The summed E-state index contributed by atoms with van der Waals surface area (Å²) in [7, 11) is 0. The Morgan fingerprint density at radius 3 is 1.24 bits per heavy atom. The number of unbranched alkanes of at least 4 members (excludes halogenated alkanes) is 4. The summed E-state index contributed by atoms with van der Waals surface area (Å²) in [5.74, 6) is -1.36. The largest absolute Gasteiger partial charge is 0.481 e. The number of carboxylic acids is 2. The lowest BCUT2D eigenvalue weighted by atomic mass is 10.2. The van der Waals surface area contributed by atoms with Crippen molar-refractivity contribution in [2.75, 3.05) is 0 Å². The van der Waals surface area contributed by atoms with E-state index in [2.05, 4.69) is 13.8 Å². The van der Waals surface area contributed by atoms with Crippen molar-refractivity contribution in [3.8, 4) is 0 Å². The predicted molar refractivity (Wildman–Crippen MR) is 70.8 cm³/mol. The van der Waals surface area contributed by atoms with E-state index in [1.54, 1.807) is 0 Å². The summed E-state index contributed by atoms with van der Waals surface area (Å²) < 4.78 is 0. The molecule has 0 bridgehead atoms. The van der Waals surface area contributed by atoms with Crippen molar-refractivity contribution in [3.05, 3.63) is 0 Å². The fourth-order valence-electron chi connectivity index (χ4n) is 1.05. The number of hydrogen-bond donors (Lipinski definition) is 2. The van der Waals surface area contributed by atoms with Crippen molar-refractivity contribution < 1.29 is 19.8 Å². The Morgan fingerprint density at radius 1 is 0.765 bits per heavy atom. The molecule has 0 radical (unpaired) electrons. The molecule has 0 aliphatic carbocycles. The normalized spacial score (nSPS) is 8.59. The molecule has 0 amide bonds. The first-order valence-corrected chi connectivity index (χ1v) is 5.98. The molecule has 0 atom stereocenters. The Balaban J connectivity index is -0.000000218. The zero-order valence-electron chi connectivity index (χ0n) is 10.8. The lowest BCUT2D eigenvalue weighted by Gasteiger charge is -1.89. The molecular formula is C12H25ClO4. The van der Waals surface area contributed by atoms with Gasteiger partial charge in [0.2, 0.25) is 0 Å². The Bertz CT molecular complexity index is 163. The summed E-state index contributed by atoms with van der Waals surface area (Å²) in [6.07, 6.45) is 6.55. The summed E-state index contributed by atoms with van der Waals surface area (Å²) in [6, 6.07) is 0. The summed E-state index contributed by atoms with van der Waals surface area (Å²) in [5.41, 5.74) is 0. The topological polar surface area (TPSA) is 74.6 Å². The molecule has 5 heteroatoms. The van der Waals surface area contributed by atoms with Crippen LogP contribution in [0.2, 0.25) is 0 Å². The highest BCUT2D eigenvalue weighted by molar-refractivity contribution is 5.85. The van der Waals surface area contributed by atoms with Gasteiger partial charge >= 0.3 is 11.9 Å². The minimum absolute atomic E-state index is 0. The fraction of sp³-hybridized carbons (Fsp3) is 0.833. The van der Waals surface area contributed by atoms with Gasteiger partial charge in [0.15, 0.2) is 0 Å². The van der Waals surface area contributed by atoms with Crippen LogP contribution >= 0.6 is 12.4 Å². The first-order chi connectivity index (χ1) is 7.54. The van der Waals surface area contributed by atoms with E-state index in [1.165, 1.54) is 0 Å².